The fourth-order valence-electron chi connectivity index (χ4n) is 2.40. The molecule has 1 atom stereocenters. The Morgan fingerprint density at radius 3 is 2.40 bits per heavy atom. The van der Waals surface area contributed by atoms with Gasteiger partial charge in [-0.25, -0.2) is 0 Å². The highest BCUT2D eigenvalue weighted by atomic mass is 35.5. The molecular weight excluding hydrogens is 272 g/mol. The van der Waals surface area contributed by atoms with Crippen LogP contribution in [0.2, 0.25) is 5.02 Å². The van der Waals surface area contributed by atoms with Gasteiger partial charge in [-0.1, -0.05) is 55.8 Å². The number of aromatic nitrogens is 2. The van der Waals surface area contributed by atoms with Crippen LogP contribution in [0.4, 0.5) is 0 Å². The van der Waals surface area contributed by atoms with Crippen LogP contribution in [0.5, 0.6) is 0 Å². The third-order valence-corrected chi connectivity index (χ3v) is 4.49. The SMILES string of the molecule is Cc1nn(C)c(CC(O)C(C)(C)c2ccccc2)c1Cl. The molecule has 1 N–H and O–H groups in total. The first-order valence-corrected chi connectivity index (χ1v) is 7.13. The molecular formula is C16H21ClN2O. The summed E-state index contributed by atoms with van der Waals surface area (Å²) in [5, 5.41) is 15.6. The normalized spacial score (nSPS) is 13.5. The number of aryl methyl sites for hydroxylation is 2. The number of aliphatic hydroxyl groups is 1. The molecule has 3 nitrogen and oxygen atoms in total. The van der Waals surface area contributed by atoms with Crippen LogP contribution in [0, 0.1) is 6.92 Å². The predicted molar refractivity (Wildman–Crippen MR) is 82.1 cm³/mol. The monoisotopic (exact) mass is 292 g/mol. The van der Waals surface area contributed by atoms with Gasteiger partial charge in [0.15, 0.2) is 0 Å². The summed E-state index contributed by atoms with van der Waals surface area (Å²) in [5.74, 6) is 0. The van der Waals surface area contributed by atoms with Gasteiger partial charge in [0, 0.05) is 18.9 Å². The molecule has 0 aliphatic rings. The maximum atomic E-state index is 10.6. The Morgan fingerprint density at radius 2 is 1.90 bits per heavy atom. The van der Waals surface area contributed by atoms with Gasteiger partial charge >= 0.3 is 0 Å². The highest BCUT2D eigenvalue weighted by Crippen LogP contribution is 2.31. The van der Waals surface area contributed by atoms with Crippen LogP contribution in [-0.4, -0.2) is 21.0 Å². The van der Waals surface area contributed by atoms with Crippen molar-refractivity contribution in [2.45, 2.75) is 38.7 Å². The zero-order valence-electron chi connectivity index (χ0n) is 12.4. The van der Waals surface area contributed by atoms with Gasteiger partial charge in [0.05, 0.1) is 22.5 Å². The van der Waals surface area contributed by atoms with Gasteiger partial charge in [-0.05, 0) is 12.5 Å². The van der Waals surface area contributed by atoms with E-state index in [1.807, 2.05) is 58.2 Å². The van der Waals surface area contributed by atoms with Crippen LogP contribution in [0.1, 0.15) is 30.8 Å². The molecule has 0 saturated heterocycles. The fourth-order valence-corrected chi connectivity index (χ4v) is 2.64. The average Bonchev–Trinajstić information content (AvgIpc) is 2.66. The lowest BCUT2D eigenvalue weighted by atomic mass is 9.78. The lowest BCUT2D eigenvalue weighted by molar-refractivity contribution is 0.0981. The lowest BCUT2D eigenvalue weighted by Gasteiger charge is -2.31. The Balaban J connectivity index is 2.25. The fraction of sp³-hybridized carbons (Fsp3) is 0.438. The second kappa shape index (κ2) is 5.58. The van der Waals surface area contributed by atoms with E-state index in [1.165, 1.54) is 0 Å². The smallest absolute Gasteiger partial charge is 0.0847 e. The Hall–Kier alpha value is -1.32. The molecule has 108 valence electrons. The zero-order chi connectivity index (χ0) is 14.9. The highest BCUT2D eigenvalue weighted by molar-refractivity contribution is 6.31. The van der Waals surface area contributed by atoms with Crippen LogP contribution in [0.3, 0.4) is 0 Å². The van der Waals surface area contributed by atoms with E-state index in [-0.39, 0.29) is 5.41 Å². The molecule has 1 aromatic carbocycles. The molecule has 0 spiro atoms. The maximum absolute atomic E-state index is 10.6. The van der Waals surface area contributed by atoms with Crippen molar-refractivity contribution in [2.75, 3.05) is 0 Å². The first-order chi connectivity index (χ1) is 9.34. The van der Waals surface area contributed by atoms with Gasteiger partial charge in [0.2, 0.25) is 0 Å². The van der Waals surface area contributed by atoms with Gasteiger partial charge < -0.3 is 5.11 Å². The number of rotatable bonds is 4. The molecule has 20 heavy (non-hydrogen) atoms. The van der Waals surface area contributed by atoms with Crippen LogP contribution < -0.4 is 0 Å². The molecule has 0 amide bonds. The standard InChI is InChI=1S/C16H21ClN2O/c1-11-15(17)13(19(4)18-11)10-14(20)16(2,3)12-8-6-5-7-9-12/h5-9,14,20H,10H2,1-4H3. The van der Waals surface area contributed by atoms with E-state index >= 15 is 0 Å². The first kappa shape index (κ1) is 15.1. The minimum absolute atomic E-state index is 0.344. The predicted octanol–water partition coefficient (Wildman–Crippen LogP) is 3.26. The molecule has 0 saturated carbocycles. The molecule has 0 aliphatic heterocycles. The van der Waals surface area contributed by atoms with Crippen LogP contribution in [-0.2, 0) is 18.9 Å². The summed E-state index contributed by atoms with van der Waals surface area (Å²) >= 11 is 6.26. The second-order valence-electron chi connectivity index (χ2n) is 5.78. The summed E-state index contributed by atoms with van der Waals surface area (Å²) in [7, 11) is 1.86. The van der Waals surface area contributed by atoms with Crippen LogP contribution in [0.15, 0.2) is 30.3 Å². The van der Waals surface area contributed by atoms with Crippen molar-refractivity contribution in [3.05, 3.63) is 52.3 Å². The second-order valence-corrected chi connectivity index (χ2v) is 6.16. The van der Waals surface area contributed by atoms with Gasteiger partial charge in [0.25, 0.3) is 0 Å². The van der Waals surface area contributed by atoms with E-state index in [4.69, 9.17) is 11.6 Å². The molecule has 4 heteroatoms. The maximum Gasteiger partial charge on any atom is 0.0847 e. The molecule has 1 unspecified atom stereocenters. The topological polar surface area (TPSA) is 38.0 Å². The molecule has 2 aromatic rings. The summed E-state index contributed by atoms with van der Waals surface area (Å²) in [6.45, 7) is 5.97. The average molecular weight is 293 g/mol. The molecule has 0 fully saturated rings. The van der Waals surface area contributed by atoms with Crippen molar-refractivity contribution in [3.63, 3.8) is 0 Å². The summed E-state index contributed by atoms with van der Waals surface area (Å²) in [6.07, 6.45) is -0.0462. The summed E-state index contributed by atoms with van der Waals surface area (Å²) in [4.78, 5) is 0. The molecule has 0 aliphatic carbocycles. The van der Waals surface area contributed by atoms with Crippen molar-refractivity contribution in [1.29, 1.82) is 0 Å². The van der Waals surface area contributed by atoms with Crippen molar-refractivity contribution in [1.82, 2.24) is 9.78 Å². The molecule has 0 radical (unpaired) electrons. The Labute approximate surface area is 125 Å². The quantitative estimate of drug-likeness (QED) is 0.939. The Kier molecular flexibility index (Phi) is 4.21. The van der Waals surface area contributed by atoms with E-state index in [2.05, 4.69) is 5.10 Å². The molecule has 1 heterocycles. The number of aliphatic hydroxyl groups excluding tert-OH is 1. The zero-order valence-corrected chi connectivity index (χ0v) is 13.1. The largest absolute Gasteiger partial charge is 0.392 e. The van der Waals surface area contributed by atoms with Crippen LogP contribution >= 0.6 is 11.6 Å². The summed E-state index contributed by atoms with van der Waals surface area (Å²) in [6, 6.07) is 10.0. The molecule has 1 aromatic heterocycles. The number of nitrogens with zero attached hydrogens (tertiary/aromatic N) is 2. The summed E-state index contributed by atoms with van der Waals surface area (Å²) in [5.41, 5.74) is 2.44. The van der Waals surface area contributed by atoms with Gasteiger partial charge in [0.1, 0.15) is 0 Å². The van der Waals surface area contributed by atoms with Crippen molar-refractivity contribution in [2.24, 2.45) is 7.05 Å². The third kappa shape index (κ3) is 2.74. The van der Waals surface area contributed by atoms with Gasteiger partial charge in [-0.3, -0.25) is 4.68 Å². The number of hydrogen-bond acceptors (Lipinski definition) is 2. The Bertz CT molecular complexity index is 590. The minimum Gasteiger partial charge on any atom is -0.392 e. The van der Waals surface area contributed by atoms with Gasteiger partial charge in [-0.15, -0.1) is 0 Å². The Morgan fingerprint density at radius 1 is 1.30 bits per heavy atom. The van der Waals surface area contributed by atoms with E-state index < -0.39 is 6.10 Å². The third-order valence-electron chi connectivity index (χ3n) is 4.00. The first-order valence-electron chi connectivity index (χ1n) is 6.75. The molecule has 2 rings (SSSR count). The highest BCUT2D eigenvalue weighted by Gasteiger charge is 2.31. The van der Waals surface area contributed by atoms with E-state index in [0.29, 0.717) is 11.4 Å². The van der Waals surface area contributed by atoms with Crippen molar-refractivity contribution < 1.29 is 5.11 Å². The van der Waals surface area contributed by atoms with Crippen molar-refractivity contribution in [3.8, 4) is 0 Å². The van der Waals surface area contributed by atoms with E-state index in [9.17, 15) is 5.11 Å². The lowest BCUT2D eigenvalue weighted by Crippen LogP contribution is -2.35. The number of halogens is 1. The van der Waals surface area contributed by atoms with E-state index in [1.54, 1.807) is 4.68 Å². The van der Waals surface area contributed by atoms with Gasteiger partial charge in [-0.2, -0.15) is 5.10 Å². The number of hydrogen-bond donors (Lipinski definition) is 1. The minimum atomic E-state index is -0.530. The summed E-state index contributed by atoms with van der Waals surface area (Å²) < 4.78 is 1.75. The van der Waals surface area contributed by atoms with Crippen molar-refractivity contribution >= 4 is 11.6 Å². The van der Waals surface area contributed by atoms with E-state index in [0.717, 1.165) is 17.0 Å². The molecule has 0 bridgehead atoms. The van der Waals surface area contributed by atoms with Crippen LogP contribution in [0.25, 0.3) is 0 Å². The number of benzene rings is 1.